The molecule has 286 valence electrons. The summed E-state index contributed by atoms with van der Waals surface area (Å²) in [6.07, 6.45) is 8.73. The van der Waals surface area contributed by atoms with Crippen molar-refractivity contribution >= 4 is 57.1 Å². The third kappa shape index (κ3) is 6.85. The number of fused-ring (bicyclic) bond motifs is 2. The molecule has 0 bridgehead atoms. The van der Waals surface area contributed by atoms with E-state index in [-0.39, 0.29) is 59.7 Å². The van der Waals surface area contributed by atoms with Crippen LogP contribution in [0.2, 0.25) is 0 Å². The number of benzene rings is 1. The number of carbonyl (C=O) groups is 4. The van der Waals surface area contributed by atoms with E-state index in [0.29, 0.717) is 29.9 Å². The van der Waals surface area contributed by atoms with Crippen LogP contribution >= 0.6 is 0 Å². The number of aromatic nitrogens is 6. The molecule has 1 atom stereocenters. The van der Waals surface area contributed by atoms with E-state index < -0.39 is 24.5 Å². The second kappa shape index (κ2) is 14.7. The van der Waals surface area contributed by atoms with Crippen molar-refractivity contribution in [1.82, 2.24) is 39.1 Å². The number of pyridine rings is 2. The number of alkyl halides is 1. The Morgan fingerprint density at radius 3 is 2.51 bits per heavy atom. The van der Waals surface area contributed by atoms with Gasteiger partial charge in [0.1, 0.15) is 29.7 Å². The Labute approximate surface area is 315 Å². The number of nitrogens with one attached hydrogen (secondary N) is 2. The molecular formula is C39H43FN10O5. The highest BCUT2D eigenvalue weighted by molar-refractivity contribution is 6.03. The second-order valence-corrected chi connectivity index (χ2v) is 14.8. The first kappa shape index (κ1) is 36.1. The van der Waals surface area contributed by atoms with Gasteiger partial charge in [-0.1, -0.05) is 12.1 Å². The molecule has 2 N–H and O–H groups in total. The van der Waals surface area contributed by atoms with Gasteiger partial charge in [-0.15, -0.1) is 0 Å². The van der Waals surface area contributed by atoms with Gasteiger partial charge in [-0.3, -0.25) is 38.3 Å². The molecule has 8 rings (SSSR count). The molecule has 3 aliphatic rings. The molecule has 6 heterocycles. The predicted molar refractivity (Wildman–Crippen MR) is 202 cm³/mol. The van der Waals surface area contributed by atoms with Gasteiger partial charge in [0, 0.05) is 57.1 Å². The molecule has 15 nitrogen and oxygen atoms in total. The molecule has 0 radical (unpaired) electrons. The van der Waals surface area contributed by atoms with Crippen molar-refractivity contribution in [3.63, 3.8) is 0 Å². The first-order valence-electron chi connectivity index (χ1n) is 18.8. The van der Waals surface area contributed by atoms with Crippen molar-refractivity contribution in [3.8, 4) is 0 Å². The SMILES string of the molecule is CN(C(=O)[C@H]1CC[C@H](n2cc3cc(NC(=O)c4cccc(CF)n4)ncc3n2)CC1)C1CCN(c2cccc3c2n(C)c(=O)n3C2CCC(=O)NC2=O)CC1. The Balaban J connectivity index is 0.868. The highest BCUT2D eigenvalue weighted by Gasteiger charge is 2.35. The average Bonchev–Trinajstić information content (AvgIpc) is 3.75. The Kier molecular flexibility index (Phi) is 9.65. The zero-order chi connectivity index (χ0) is 38.4. The van der Waals surface area contributed by atoms with E-state index in [1.807, 2.05) is 41.0 Å². The normalized spacial score (nSPS) is 20.9. The van der Waals surface area contributed by atoms with Crippen LogP contribution in [-0.2, 0) is 28.1 Å². The number of anilines is 2. The van der Waals surface area contributed by atoms with Crippen LogP contribution in [0, 0.1) is 5.92 Å². The Morgan fingerprint density at radius 2 is 1.76 bits per heavy atom. The smallest absolute Gasteiger partial charge is 0.329 e. The van der Waals surface area contributed by atoms with Crippen molar-refractivity contribution in [2.24, 2.45) is 13.0 Å². The average molecular weight is 751 g/mol. The molecule has 2 aliphatic heterocycles. The van der Waals surface area contributed by atoms with Crippen LogP contribution in [0.1, 0.15) is 79.6 Å². The molecule has 1 saturated carbocycles. The van der Waals surface area contributed by atoms with Gasteiger partial charge in [0.2, 0.25) is 17.7 Å². The first-order valence-corrected chi connectivity index (χ1v) is 18.8. The van der Waals surface area contributed by atoms with E-state index in [0.717, 1.165) is 55.1 Å². The van der Waals surface area contributed by atoms with Crippen LogP contribution in [0.15, 0.2) is 59.7 Å². The zero-order valence-electron chi connectivity index (χ0n) is 30.8. The molecule has 2 saturated heterocycles. The number of imidazole rings is 1. The summed E-state index contributed by atoms with van der Waals surface area (Å²) in [6, 6.07) is 11.6. The number of aryl methyl sites for hydroxylation is 1. The quantitative estimate of drug-likeness (QED) is 0.223. The van der Waals surface area contributed by atoms with Crippen LogP contribution in [-0.4, -0.2) is 83.6 Å². The molecule has 55 heavy (non-hydrogen) atoms. The maximum absolute atomic E-state index is 13.8. The number of amides is 4. The minimum Gasteiger partial charge on any atom is -0.370 e. The molecule has 1 aliphatic carbocycles. The van der Waals surface area contributed by atoms with Crippen molar-refractivity contribution in [2.75, 3.05) is 30.4 Å². The van der Waals surface area contributed by atoms with Crippen molar-refractivity contribution < 1.29 is 23.6 Å². The van der Waals surface area contributed by atoms with Crippen LogP contribution in [0.3, 0.4) is 0 Å². The summed E-state index contributed by atoms with van der Waals surface area (Å²) < 4.78 is 18.1. The number of para-hydroxylation sites is 1. The van der Waals surface area contributed by atoms with Gasteiger partial charge in [0.25, 0.3) is 5.91 Å². The fourth-order valence-corrected chi connectivity index (χ4v) is 8.51. The van der Waals surface area contributed by atoms with Gasteiger partial charge in [0.15, 0.2) is 0 Å². The number of rotatable bonds is 8. The van der Waals surface area contributed by atoms with E-state index in [2.05, 4.69) is 25.5 Å². The van der Waals surface area contributed by atoms with Gasteiger partial charge in [-0.2, -0.15) is 5.10 Å². The molecule has 0 spiro atoms. The molecule has 16 heteroatoms. The minimum atomic E-state index is -0.755. The van der Waals surface area contributed by atoms with Crippen molar-refractivity contribution in [3.05, 3.63) is 76.7 Å². The van der Waals surface area contributed by atoms with Crippen LogP contribution in [0.5, 0.6) is 0 Å². The number of imide groups is 1. The lowest BCUT2D eigenvalue weighted by atomic mass is 9.84. The van der Waals surface area contributed by atoms with E-state index in [1.165, 1.54) is 16.7 Å². The number of hydrogen-bond acceptors (Lipinski definition) is 9. The van der Waals surface area contributed by atoms with Crippen LogP contribution in [0.4, 0.5) is 15.9 Å². The Hall–Kier alpha value is -5.93. The molecule has 3 fully saturated rings. The number of piperidine rings is 2. The molecule has 4 amide bonds. The summed E-state index contributed by atoms with van der Waals surface area (Å²) in [5, 5.41) is 10.7. The highest BCUT2D eigenvalue weighted by Crippen LogP contribution is 2.36. The van der Waals surface area contributed by atoms with E-state index in [4.69, 9.17) is 5.10 Å². The van der Waals surface area contributed by atoms with Gasteiger partial charge in [-0.25, -0.2) is 19.2 Å². The van der Waals surface area contributed by atoms with Crippen LogP contribution in [0.25, 0.3) is 21.9 Å². The summed E-state index contributed by atoms with van der Waals surface area (Å²) in [5.74, 6) is -0.799. The third-order valence-corrected chi connectivity index (χ3v) is 11.6. The van der Waals surface area contributed by atoms with Gasteiger partial charge >= 0.3 is 5.69 Å². The Morgan fingerprint density at radius 1 is 1.00 bits per heavy atom. The topological polar surface area (TPSA) is 169 Å². The monoisotopic (exact) mass is 750 g/mol. The molecule has 1 aromatic carbocycles. The first-order chi connectivity index (χ1) is 26.6. The summed E-state index contributed by atoms with van der Waals surface area (Å²) in [4.78, 5) is 76.9. The lowest BCUT2D eigenvalue weighted by molar-refractivity contribution is -0.138. The number of halogens is 1. The molecular weight excluding hydrogens is 707 g/mol. The minimum absolute atomic E-state index is 0.0624. The summed E-state index contributed by atoms with van der Waals surface area (Å²) in [7, 11) is 3.63. The number of nitrogens with zero attached hydrogens (tertiary/aromatic N) is 8. The lowest BCUT2D eigenvalue weighted by Gasteiger charge is -2.40. The maximum atomic E-state index is 13.8. The fourth-order valence-electron chi connectivity index (χ4n) is 8.51. The standard InChI is InChI=1S/C39H43FN10O5/c1-46(26-15-17-48(18-16-26)30-7-4-8-31-35(30)47(2)39(55)50(31)32-13-14-34(51)44-37(32)53)38(54)23-9-11-27(12-10-23)49-22-24-19-33(41-21-29(24)45-49)43-36(52)28-6-3-5-25(20-40)42-28/h3-8,19,21-23,26-27,32H,9-18,20H2,1-2H3,(H,43,52)(H,44,51,53)/t23-,27-,32?. The third-order valence-electron chi connectivity index (χ3n) is 11.6. The van der Waals surface area contributed by atoms with E-state index >= 15 is 0 Å². The summed E-state index contributed by atoms with van der Waals surface area (Å²) in [5.41, 5.74) is 3.02. The van der Waals surface area contributed by atoms with Crippen molar-refractivity contribution in [1.29, 1.82) is 0 Å². The zero-order valence-corrected chi connectivity index (χ0v) is 30.8. The highest BCUT2D eigenvalue weighted by atomic mass is 19.1. The largest absolute Gasteiger partial charge is 0.370 e. The van der Waals surface area contributed by atoms with Gasteiger partial charge in [0.05, 0.1) is 34.7 Å². The fraction of sp³-hybridized carbons (Fsp3) is 0.436. The molecule has 1 unspecified atom stereocenters. The Bertz CT molecular complexity index is 2370. The van der Waals surface area contributed by atoms with E-state index in [9.17, 15) is 28.4 Å². The number of hydrogen-bond donors (Lipinski definition) is 2. The predicted octanol–water partition coefficient (Wildman–Crippen LogP) is 4.04. The second-order valence-electron chi connectivity index (χ2n) is 14.8. The van der Waals surface area contributed by atoms with Crippen LogP contribution < -0.4 is 21.2 Å². The summed E-state index contributed by atoms with van der Waals surface area (Å²) >= 11 is 0. The number of carbonyl (C=O) groups excluding carboxylic acids is 4. The molecule has 4 aromatic heterocycles. The van der Waals surface area contributed by atoms with E-state index in [1.54, 1.807) is 29.9 Å². The van der Waals surface area contributed by atoms with Crippen molar-refractivity contribution in [2.45, 2.75) is 76.2 Å². The maximum Gasteiger partial charge on any atom is 0.329 e. The summed E-state index contributed by atoms with van der Waals surface area (Å²) in [6.45, 7) is 0.667. The van der Waals surface area contributed by atoms with Gasteiger partial charge in [-0.05, 0) is 75.3 Å². The van der Waals surface area contributed by atoms with Gasteiger partial charge < -0.3 is 15.1 Å². The molecule has 5 aromatic rings. The lowest BCUT2D eigenvalue weighted by Crippen LogP contribution is -2.47.